The number of benzene rings is 1. The van der Waals surface area contributed by atoms with E-state index < -0.39 is 10.0 Å². The minimum Gasteiger partial charge on any atom is -0.380 e. The average Bonchev–Trinajstić information content (AvgIpc) is 2.45. The maximum atomic E-state index is 12.6. The van der Waals surface area contributed by atoms with Crippen LogP contribution < -0.4 is 5.14 Å². The summed E-state index contributed by atoms with van der Waals surface area (Å²) in [5.41, 5.74) is 0.945. The minimum absolute atomic E-state index is 0.00885. The van der Waals surface area contributed by atoms with Crippen molar-refractivity contribution in [3.8, 4) is 0 Å². The van der Waals surface area contributed by atoms with E-state index >= 15 is 0 Å². The Morgan fingerprint density at radius 3 is 2.76 bits per heavy atom. The molecule has 0 bridgehead atoms. The Morgan fingerprint density at radius 2 is 2.14 bits per heavy atom. The van der Waals surface area contributed by atoms with E-state index in [1.807, 2.05) is 0 Å². The van der Waals surface area contributed by atoms with Gasteiger partial charge >= 0.3 is 0 Å². The number of amides is 1. The molecule has 2 N–H and O–H groups in total. The van der Waals surface area contributed by atoms with Crippen LogP contribution in [0.1, 0.15) is 28.8 Å². The standard InChI is InChI=1S/C14H20N2O4S/c1-10-5-6-13(21(15,18)19)12(8-10)14(17)16-7-3-4-11(9-16)20-2/h5-6,8,11H,3-4,7,9H2,1-2H3,(H2,15,18,19). The highest BCUT2D eigenvalue weighted by Gasteiger charge is 2.28. The van der Waals surface area contributed by atoms with Crippen molar-refractivity contribution in [2.45, 2.75) is 30.8 Å². The van der Waals surface area contributed by atoms with E-state index in [-0.39, 0.29) is 22.5 Å². The second kappa shape index (κ2) is 6.13. The fraction of sp³-hybridized carbons (Fsp3) is 0.500. The predicted octanol–water partition coefficient (Wildman–Crippen LogP) is 0.893. The number of nitrogens with zero attached hydrogens (tertiary/aromatic N) is 1. The van der Waals surface area contributed by atoms with Crippen molar-refractivity contribution in [2.75, 3.05) is 20.2 Å². The molecule has 1 aliphatic heterocycles. The summed E-state index contributed by atoms with van der Waals surface area (Å²) >= 11 is 0. The molecule has 1 aromatic carbocycles. The van der Waals surface area contributed by atoms with E-state index in [4.69, 9.17) is 9.88 Å². The van der Waals surface area contributed by atoms with Gasteiger partial charge in [-0.05, 0) is 31.9 Å². The summed E-state index contributed by atoms with van der Waals surface area (Å²) < 4.78 is 28.6. The Labute approximate surface area is 124 Å². The molecule has 6 nitrogen and oxygen atoms in total. The summed E-state index contributed by atoms with van der Waals surface area (Å²) in [7, 11) is -2.32. The first-order chi connectivity index (χ1) is 9.82. The SMILES string of the molecule is COC1CCCN(C(=O)c2cc(C)ccc2S(N)(=O)=O)C1. The number of carbonyl (C=O) groups excluding carboxylic acids is 1. The smallest absolute Gasteiger partial charge is 0.255 e. The number of nitrogens with two attached hydrogens (primary N) is 1. The molecule has 1 aromatic rings. The van der Waals surface area contributed by atoms with Crippen LogP contribution in [0.15, 0.2) is 23.1 Å². The van der Waals surface area contributed by atoms with Crippen molar-refractivity contribution in [3.05, 3.63) is 29.3 Å². The quantitative estimate of drug-likeness (QED) is 0.897. The molecule has 1 atom stereocenters. The lowest BCUT2D eigenvalue weighted by molar-refractivity contribution is 0.0267. The van der Waals surface area contributed by atoms with Gasteiger partial charge in [-0.1, -0.05) is 11.6 Å². The Balaban J connectivity index is 2.37. The summed E-state index contributed by atoms with van der Waals surface area (Å²) in [6, 6.07) is 4.58. The topological polar surface area (TPSA) is 89.7 Å². The highest BCUT2D eigenvalue weighted by molar-refractivity contribution is 7.89. The second-order valence-corrected chi connectivity index (χ2v) is 6.83. The molecule has 1 amide bonds. The average molecular weight is 312 g/mol. The first-order valence-electron chi connectivity index (χ1n) is 6.78. The van der Waals surface area contributed by atoms with Crippen molar-refractivity contribution < 1.29 is 17.9 Å². The number of rotatable bonds is 3. The maximum Gasteiger partial charge on any atom is 0.255 e. The number of likely N-dealkylation sites (tertiary alicyclic amines) is 1. The van der Waals surface area contributed by atoms with E-state index in [2.05, 4.69) is 0 Å². The second-order valence-electron chi connectivity index (χ2n) is 5.30. The van der Waals surface area contributed by atoms with Gasteiger partial charge in [0.1, 0.15) is 0 Å². The summed E-state index contributed by atoms with van der Waals surface area (Å²) in [5.74, 6) is -0.315. The molecule has 0 saturated carbocycles. The fourth-order valence-electron chi connectivity index (χ4n) is 2.54. The molecule has 0 aliphatic carbocycles. The third-order valence-corrected chi connectivity index (χ3v) is 4.64. The molecule has 0 aromatic heterocycles. The lowest BCUT2D eigenvalue weighted by Crippen LogP contribution is -2.43. The number of hydrogen-bond donors (Lipinski definition) is 1. The lowest BCUT2D eigenvalue weighted by atomic mass is 10.1. The highest BCUT2D eigenvalue weighted by atomic mass is 32.2. The van der Waals surface area contributed by atoms with Gasteiger partial charge in [-0.2, -0.15) is 0 Å². The van der Waals surface area contributed by atoms with Gasteiger partial charge in [0.05, 0.1) is 16.6 Å². The molecule has 1 unspecified atom stereocenters. The summed E-state index contributed by atoms with van der Waals surface area (Å²) in [6.45, 7) is 2.86. The molecule has 116 valence electrons. The van der Waals surface area contributed by atoms with Gasteiger partial charge in [-0.15, -0.1) is 0 Å². The zero-order chi connectivity index (χ0) is 15.6. The molecule has 1 saturated heterocycles. The number of carbonyl (C=O) groups is 1. The Kier molecular flexibility index (Phi) is 4.65. The van der Waals surface area contributed by atoms with Gasteiger partial charge in [0.15, 0.2) is 0 Å². The van der Waals surface area contributed by atoms with Gasteiger partial charge < -0.3 is 9.64 Å². The van der Waals surface area contributed by atoms with Gasteiger partial charge in [-0.25, -0.2) is 13.6 Å². The molecule has 21 heavy (non-hydrogen) atoms. The monoisotopic (exact) mass is 312 g/mol. The fourth-order valence-corrected chi connectivity index (χ4v) is 3.25. The van der Waals surface area contributed by atoms with Gasteiger partial charge in [0, 0.05) is 20.2 Å². The molecule has 0 spiro atoms. The molecular formula is C14H20N2O4S. The van der Waals surface area contributed by atoms with E-state index in [9.17, 15) is 13.2 Å². The van der Waals surface area contributed by atoms with Gasteiger partial charge in [0.25, 0.3) is 5.91 Å². The third kappa shape index (κ3) is 3.61. The normalized spacial score (nSPS) is 19.6. The minimum atomic E-state index is -3.93. The van der Waals surface area contributed by atoms with Crippen LogP contribution in [-0.4, -0.2) is 45.5 Å². The highest BCUT2D eigenvalue weighted by Crippen LogP contribution is 2.21. The van der Waals surface area contributed by atoms with Gasteiger partial charge in [0.2, 0.25) is 10.0 Å². The molecule has 1 aliphatic rings. The number of piperidine rings is 1. The molecule has 1 fully saturated rings. The van der Waals surface area contributed by atoms with Crippen LogP contribution in [-0.2, 0) is 14.8 Å². The first-order valence-corrected chi connectivity index (χ1v) is 8.33. The third-order valence-electron chi connectivity index (χ3n) is 3.67. The zero-order valence-electron chi connectivity index (χ0n) is 12.2. The van der Waals surface area contributed by atoms with E-state index in [0.717, 1.165) is 18.4 Å². The molecule has 2 rings (SSSR count). The summed E-state index contributed by atoms with van der Waals surface area (Å²) in [6.07, 6.45) is 1.72. The Morgan fingerprint density at radius 1 is 1.43 bits per heavy atom. The number of sulfonamides is 1. The van der Waals surface area contributed by atoms with Crippen LogP contribution in [0.3, 0.4) is 0 Å². The summed E-state index contributed by atoms with van der Waals surface area (Å²) in [4.78, 5) is 14.1. The molecular weight excluding hydrogens is 292 g/mol. The van der Waals surface area contributed by atoms with E-state index in [0.29, 0.717) is 13.1 Å². The molecule has 1 heterocycles. The number of methoxy groups -OCH3 is 1. The van der Waals surface area contributed by atoms with Crippen LogP contribution in [0.25, 0.3) is 0 Å². The van der Waals surface area contributed by atoms with Crippen molar-refractivity contribution >= 4 is 15.9 Å². The maximum absolute atomic E-state index is 12.6. The Hall–Kier alpha value is -1.44. The van der Waals surface area contributed by atoms with Crippen LogP contribution in [0.5, 0.6) is 0 Å². The van der Waals surface area contributed by atoms with Crippen molar-refractivity contribution in [1.29, 1.82) is 0 Å². The number of hydrogen-bond acceptors (Lipinski definition) is 4. The van der Waals surface area contributed by atoms with Crippen LogP contribution in [0.2, 0.25) is 0 Å². The number of ether oxygens (including phenoxy) is 1. The number of aryl methyl sites for hydroxylation is 1. The Bertz CT molecular complexity index is 642. The molecule has 0 radical (unpaired) electrons. The van der Waals surface area contributed by atoms with Crippen molar-refractivity contribution in [1.82, 2.24) is 4.90 Å². The summed E-state index contributed by atoms with van der Waals surface area (Å²) in [5, 5.41) is 5.21. The predicted molar refractivity (Wildman–Crippen MR) is 78.5 cm³/mol. The first kappa shape index (κ1) is 15.9. The van der Waals surface area contributed by atoms with E-state index in [1.54, 1.807) is 31.1 Å². The molecule has 7 heteroatoms. The van der Waals surface area contributed by atoms with Crippen LogP contribution in [0, 0.1) is 6.92 Å². The van der Waals surface area contributed by atoms with Crippen molar-refractivity contribution in [2.24, 2.45) is 5.14 Å². The van der Waals surface area contributed by atoms with Crippen LogP contribution >= 0.6 is 0 Å². The van der Waals surface area contributed by atoms with Crippen LogP contribution in [0.4, 0.5) is 0 Å². The van der Waals surface area contributed by atoms with E-state index in [1.165, 1.54) is 6.07 Å². The van der Waals surface area contributed by atoms with Gasteiger partial charge in [-0.3, -0.25) is 4.79 Å². The number of primary sulfonamides is 1. The van der Waals surface area contributed by atoms with Crippen molar-refractivity contribution in [3.63, 3.8) is 0 Å². The largest absolute Gasteiger partial charge is 0.380 e. The zero-order valence-corrected chi connectivity index (χ0v) is 13.0. The lowest BCUT2D eigenvalue weighted by Gasteiger charge is -2.32.